The third-order valence-corrected chi connectivity index (χ3v) is 3.85. The van der Waals surface area contributed by atoms with Crippen LogP contribution in [0.4, 0.5) is 0 Å². The van der Waals surface area contributed by atoms with Crippen molar-refractivity contribution in [3.8, 4) is 0 Å². The van der Waals surface area contributed by atoms with Gasteiger partial charge < -0.3 is 0 Å². The van der Waals surface area contributed by atoms with E-state index in [0.717, 1.165) is 23.4 Å². The predicted molar refractivity (Wildman–Crippen MR) is 62.9 cm³/mol. The van der Waals surface area contributed by atoms with E-state index in [4.69, 9.17) is 0 Å². The zero-order chi connectivity index (χ0) is 11.8. The summed E-state index contributed by atoms with van der Waals surface area (Å²) in [5.74, 6) is 0. The van der Waals surface area contributed by atoms with E-state index < -0.39 is 10.1 Å². The average molecular weight is 236 g/mol. The Kier molecular flexibility index (Phi) is 2.69. The lowest BCUT2D eigenvalue weighted by atomic mass is 10.1. The second-order valence-corrected chi connectivity index (χ2v) is 5.29. The van der Waals surface area contributed by atoms with Crippen molar-refractivity contribution in [2.24, 2.45) is 0 Å². The Hall–Kier alpha value is -1.39. The Bertz CT molecular complexity index is 630. The minimum Gasteiger partial charge on any atom is -0.270 e. The molecule has 0 radical (unpaired) electrons. The second-order valence-electron chi connectivity index (χ2n) is 3.58. The Balaban J connectivity index is 2.71. The van der Waals surface area contributed by atoms with E-state index in [1.54, 1.807) is 18.2 Å². The zero-order valence-corrected chi connectivity index (χ0v) is 9.91. The Labute approximate surface area is 94.8 Å². The van der Waals surface area contributed by atoms with Crippen LogP contribution in [0.15, 0.2) is 41.3 Å². The lowest BCUT2D eigenvalue weighted by Crippen LogP contribution is -2.02. The van der Waals surface area contributed by atoms with Crippen LogP contribution >= 0.6 is 0 Å². The molecule has 0 heterocycles. The van der Waals surface area contributed by atoms with Gasteiger partial charge in [0.1, 0.15) is 0 Å². The van der Waals surface area contributed by atoms with Crippen LogP contribution in [0.5, 0.6) is 0 Å². The fourth-order valence-electron chi connectivity index (χ4n) is 1.68. The van der Waals surface area contributed by atoms with Crippen molar-refractivity contribution in [2.75, 3.05) is 7.11 Å². The van der Waals surface area contributed by atoms with Gasteiger partial charge >= 0.3 is 0 Å². The van der Waals surface area contributed by atoms with Crippen LogP contribution in [0.2, 0.25) is 0 Å². The molecule has 0 aliphatic heterocycles. The molecule has 0 amide bonds. The normalized spacial score (nSPS) is 11.9. The van der Waals surface area contributed by atoms with Crippen molar-refractivity contribution in [1.29, 1.82) is 0 Å². The van der Waals surface area contributed by atoms with Gasteiger partial charge in [0, 0.05) is 0 Å². The van der Waals surface area contributed by atoms with E-state index in [2.05, 4.69) is 4.18 Å². The lowest BCUT2D eigenvalue weighted by molar-refractivity contribution is 0.398. The molecule has 2 aromatic carbocycles. The number of hydrogen-bond donors (Lipinski definition) is 0. The maximum atomic E-state index is 11.5. The molecule has 84 valence electrons. The highest BCUT2D eigenvalue weighted by Gasteiger charge is 2.13. The molecule has 0 saturated carbocycles. The van der Waals surface area contributed by atoms with Crippen LogP contribution in [-0.4, -0.2) is 15.5 Å². The first-order valence-corrected chi connectivity index (χ1v) is 6.25. The van der Waals surface area contributed by atoms with Crippen molar-refractivity contribution >= 4 is 20.9 Å². The molecule has 0 N–H and O–H groups in total. The number of fused-ring (bicyclic) bond motifs is 1. The molecule has 0 atom stereocenters. The number of benzene rings is 2. The van der Waals surface area contributed by atoms with Gasteiger partial charge in [-0.2, -0.15) is 8.42 Å². The van der Waals surface area contributed by atoms with Crippen molar-refractivity contribution < 1.29 is 12.6 Å². The van der Waals surface area contributed by atoms with Gasteiger partial charge in [-0.1, -0.05) is 24.3 Å². The van der Waals surface area contributed by atoms with Crippen molar-refractivity contribution in [3.05, 3.63) is 42.0 Å². The first-order chi connectivity index (χ1) is 7.54. The zero-order valence-electron chi connectivity index (χ0n) is 9.10. The van der Waals surface area contributed by atoms with Crippen molar-refractivity contribution in [2.45, 2.75) is 11.8 Å². The largest absolute Gasteiger partial charge is 0.296 e. The van der Waals surface area contributed by atoms with Gasteiger partial charge in [-0.25, -0.2) is 0 Å². The molecule has 0 fully saturated rings. The van der Waals surface area contributed by atoms with Crippen LogP contribution in [0.1, 0.15) is 5.56 Å². The Morgan fingerprint density at radius 2 is 1.88 bits per heavy atom. The fourth-order valence-corrected chi connectivity index (χ4v) is 2.37. The van der Waals surface area contributed by atoms with Crippen molar-refractivity contribution in [3.63, 3.8) is 0 Å². The number of aryl methyl sites for hydroxylation is 1. The van der Waals surface area contributed by atoms with Crippen LogP contribution < -0.4 is 0 Å². The Morgan fingerprint density at radius 3 is 2.56 bits per heavy atom. The first-order valence-electron chi connectivity index (χ1n) is 4.84. The number of rotatable bonds is 2. The van der Waals surface area contributed by atoms with Gasteiger partial charge in [-0.05, 0) is 35.4 Å². The van der Waals surface area contributed by atoms with E-state index in [1.165, 1.54) is 0 Å². The third kappa shape index (κ3) is 1.81. The minimum atomic E-state index is -3.60. The van der Waals surface area contributed by atoms with Gasteiger partial charge in [0.15, 0.2) is 0 Å². The predicted octanol–water partition coefficient (Wildman–Crippen LogP) is 2.48. The Morgan fingerprint density at radius 1 is 1.12 bits per heavy atom. The summed E-state index contributed by atoms with van der Waals surface area (Å²) in [6, 6.07) is 10.8. The van der Waals surface area contributed by atoms with E-state index in [0.29, 0.717) is 0 Å². The molecule has 0 aliphatic rings. The summed E-state index contributed by atoms with van der Waals surface area (Å²) < 4.78 is 27.5. The smallest absolute Gasteiger partial charge is 0.270 e. The molecular formula is C12H12O3S. The minimum absolute atomic E-state index is 0.188. The van der Waals surface area contributed by atoms with Crippen LogP contribution in [0.25, 0.3) is 10.8 Å². The topological polar surface area (TPSA) is 43.4 Å². The van der Waals surface area contributed by atoms with Crippen LogP contribution in [-0.2, 0) is 14.3 Å². The summed E-state index contributed by atoms with van der Waals surface area (Å²) >= 11 is 0. The summed E-state index contributed by atoms with van der Waals surface area (Å²) in [4.78, 5) is 0.188. The lowest BCUT2D eigenvalue weighted by Gasteiger charge is -2.05. The van der Waals surface area contributed by atoms with Gasteiger partial charge in [-0.15, -0.1) is 0 Å². The maximum absolute atomic E-state index is 11.5. The summed E-state index contributed by atoms with van der Waals surface area (Å²) in [6.45, 7) is 1.99. The highest BCUT2D eigenvalue weighted by molar-refractivity contribution is 7.86. The van der Waals surface area contributed by atoms with Gasteiger partial charge in [0.05, 0.1) is 12.0 Å². The quantitative estimate of drug-likeness (QED) is 0.752. The second kappa shape index (κ2) is 3.88. The summed E-state index contributed by atoms with van der Waals surface area (Å²) in [5, 5.41) is 1.95. The summed E-state index contributed by atoms with van der Waals surface area (Å²) in [7, 11) is -2.44. The molecule has 2 aromatic rings. The highest BCUT2D eigenvalue weighted by Crippen LogP contribution is 2.22. The van der Waals surface area contributed by atoms with Crippen LogP contribution in [0, 0.1) is 6.92 Å². The fraction of sp³-hybridized carbons (Fsp3) is 0.167. The maximum Gasteiger partial charge on any atom is 0.296 e. The molecule has 0 unspecified atom stereocenters. The van der Waals surface area contributed by atoms with Gasteiger partial charge in [0.25, 0.3) is 10.1 Å². The standard InChI is InChI=1S/C12H12O3S/c1-9-4-3-5-10-8-11(6-7-12(9)10)16(13,14)15-2/h3-8H,1-2H3. The summed E-state index contributed by atoms with van der Waals surface area (Å²) in [5.41, 5.74) is 1.12. The highest BCUT2D eigenvalue weighted by atomic mass is 32.2. The monoisotopic (exact) mass is 236 g/mol. The molecule has 0 bridgehead atoms. The van der Waals surface area contributed by atoms with Crippen LogP contribution in [0.3, 0.4) is 0 Å². The van der Waals surface area contributed by atoms with Gasteiger partial charge in [-0.3, -0.25) is 4.18 Å². The van der Waals surface area contributed by atoms with E-state index >= 15 is 0 Å². The molecule has 0 aromatic heterocycles. The molecule has 2 rings (SSSR count). The molecule has 4 heteroatoms. The van der Waals surface area contributed by atoms with Crippen molar-refractivity contribution in [1.82, 2.24) is 0 Å². The van der Waals surface area contributed by atoms with E-state index in [-0.39, 0.29) is 4.90 Å². The average Bonchev–Trinajstić information content (AvgIpc) is 2.29. The van der Waals surface area contributed by atoms with E-state index in [9.17, 15) is 8.42 Å². The molecule has 0 aliphatic carbocycles. The molecule has 3 nitrogen and oxygen atoms in total. The SMILES string of the molecule is COS(=O)(=O)c1ccc2c(C)cccc2c1. The van der Waals surface area contributed by atoms with E-state index in [1.807, 2.05) is 25.1 Å². The first kappa shape index (κ1) is 11.1. The number of hydrogen-bond acceptors (Lipinski definition) is 3. The summed E-state index contributed by atoms with van der Waals surface area (Å²) in [6.07, 6.45) is 0. The molecular weight excluding hydrogens is 224 g/mol. The molecule has 0 spiro atoms. The molecule has 0 saturated heterocycles. The third-order valence-electron chi connectivity index (χ3n) is 2.58. The molecule has 16 heavy (non-hydrogen) atoms. The van der Waals surface area contributed by atoms with Gasteiger partial charge in [0.2, 0.25) is 0 Å².